The Morgan fingerprint density at radius 2 is 1.53 bits per heavy atom. The lowest BCUT2D eigenvalue weighted by Crippen LogP contribution is -2.50. The van der Waals surface area contributed by atoms with Gasteiger partial charge in [-0.3, -0.25) is 9.59 Å². The minimum atomic E-state index is -4.85. The lowest BCUT2D eigenvalue weighted by Gasteiger charge is -2.29. The van der Waals surface area contributed by atoms with Crippen LogP contribution in [0.1, 0.15) is 21.5 Å². The fraction of sp³-hybridized carbons (Fsp3) is 0.167. The number of anilines is 1. The third-order valence-corrected chi connectivity index (χ3v) is 7.62. The van der Waals surface area contributed by atoms with Crippen LogP contribution in [-0.4, -0.2) is 47.4 Å². The molecule has 36 heavy (non-hydrogen) atoms. The number of sulfonamides is 1. The van der Waals surface area contributed by atoms with Gasteiger partial charge >= 0.3 is 12.1 Å². The van der Waals surface area contributed by atoms with Gasteiger partial charge in [0.15, 0.2) is 0 Å². The van der Waals surface area contributed by atoms with E-state index in [2.05, 4.69) is 0 Å². The molecule has 0 saturated heterocycles. The first kappa shape index (κ1) is 25.2. The molecule has 0 saturated carbocycles. The average Bonchev–Trinajstić information content (AvgIpc) is 3.01. The molecular weight excluding hydrogens is 501 g/mol. The van der Waals surface area contributed by atoms with Crippen molar-refractivity contribution < 1.29 is 41.4 Å². The number of hydrogen-bond acceptors (Lipinski definition) is 5. The van der Waals surface area contributed by atoms with Gasteiger partial charge in [-0.05, 0) is 48.0 Å². The van der Waals surface area contributed by atoms with Crippen molar-refractivity contribution in [1.29, 1.82) is 0 Å². The van der Waals surface area contributed by atoms with E-state index in [1.807, 2.05) is 0 Å². The number of amides is 1. The highest BCUT2D eigenvalue weighted by Crippen LogP contribution is 2.36. The summed E-state index contributed by atoms with van der Waals surface area (Å²) in [6.45, 7) is -1.20. The molecule has 1 aliphatic rings. The number of phenolic OH excluding ortho intramolecular Hbond substituents is 1. The van der Waals surface area contributed by atoms with Gasteiger partial charge < -0.3 is 15.1 Å². The molecule has 0 aromatic heterocycles. The summed E-state index contributed by atoms with van der Waals surface area (Å²) in [5, 5.41) is 19.5. The largest absolute Gasteiger partial charge is 0.508 e. The highest BCUT2D eigenvalue weighted by molar-refractivity contribution is 7.89. The summed E-state index contributed by atoms with van der Waals surface area (Å²) in [5.41, 5.74) is -1.58. The van der Waals surface area contributed by atoms with E-state index in [9.17, 15) is 41.4 Å². The standard InChI is InChI=1S/C24H19F3N2O6S/c25-24(26,27)19-7-3-2-6-18(19)22(31)28-14-21(23(32)33)29(13-15-5-1-4-8-20(15)28)36(34,35)17-11-9-16(30)10-12-17/h1-12,21,30H,13-14H2,(H,32,33). The number of aliphatic carboxylic acids is 1. The second kappa shape index (κ2) is 9.28. The van der Waals surface area contributed by atoms with Crippen LogP contribution >= 0.6 is 0 Å². The van der Waals surface area contributed by atoms with Gasteiger partial charge in [0.25, 0.3) is 5.91 Å². The summed E-state index contributed by atoms with van der Waals surface area (Å²) >= 11 is 0. The maximum atomic E-state index is 13.6. The Morgan fingerprint density at radius 3 is 2.17 bits per heavy atom. The van der Waals surface area contributed by atoms with Crippen molar-refractivity contribution >= 4 is 27.6 Å². The first-order valence-corrected chi connectivity index (χ1v) is 11.9. The molecule has 1 amide bonds. The number of carbonyl (C=O) groups is 2. The zero-order valence-corrected chi connectivity index (χ0v) is 19.2. The van der Waals surface area contributed by atoms with Crippen molar-refractivity contribution in [3.8, 4) is 5.75 Å². The predicted octanol–water partition coefficient (Wildman–Crippen LogP) is 3.72. The van der Waals surface area contributed by atoms with E-state index in [0.29, 0.717) is 4.31 Å². The van der Waals surface area contributed by atoms with Crippen LogP contribution < -0.4 is 4.90 Å². The van der Waals surface area contributed by atoms with Gasteiger partial charge in [0.2, 0.25) is 10.0 Å². The third kappa shape index (κ3) is 4.64. The molecule has 4 rings (SSSR count). The van der Waals surface area contributed by atoms with Gasteiger partial charge in [-0.15, -0.1) is 0 Å². The number of carbonyl (C=O) groups excluding carboxylic acids is 1. The Balaban J connectivity index is 1.85. The quantitative estimate of drug-likeness (QED) is 0.542. The van der Waals surface area contributed by atoms with Crippen LogP contribution in [0.4, 0.5) is 18.9 Å². The van der Waals surface area contributed by atoms with Crippen LogP contribution in [0.15, 0.2) is 77.7 Å². The smallest absolute Gasteiger partial charge is 0.417 e. The number of rotatable bonds is 4. The van der Waals surface area contributed by atoms with E-state index >= 15 is 0 Å². The number of fused-ring (bicyclic) bond motifs is 1. The molecule has 2 N–H and O–H groups in total. The van der Waals surface area contributed by atoms with Gasteiger partial charge in [-0.2, -0.15) is 17.5 Å². The molecule has 3 aromatic carbocycles. The number of carboxylic acid groups (broad SMARTS) is 1. The monoisotopic (exact) mass is 520 g/mol. The number of benzene rings is 3. The Bertz CT molecular complexity index is 1420. The van der Waals surface area contributed by atoms with Crippen LogP contribution in [0, 0.1) is 0 Å². The van der Waals surface area contributed by atoms with Crippen molar-refractivity contribution in [2.24, 2.45) is 0 Å². The van der Waals surface area contributed by atoms with E-state index < -0.39 is 58.3 Å². The van der Waals surface area contributed by atoms with Crippen molar-refractivity contribution in [3.63, 3.8) is 0 Å². The number of carboxylic acids is 1. The van der Waals surface area contributed by atoms with E-state index in [1.165, 1.54) is 30.3 Å². The summed E-state index contributed by atoms with van der Waals surface area (Å²) in [6, 6.07) is 12.7. The minimum absolute atomic E-state index is 0.0918. The van der Waals surface area contributed by atoms with E-state index in [1.54, 1.807) is 0 Å². The summed E-state index contributed by atoms with van der Waals surface area (Å²) in [6.07, 6.45) is -4.85. The third-order valence-electron chi connectivity index (χ3n) is 5.75. The molecule has 0 radical (unpaired) electrons. The van der Waals surface area contributed by atoms with Gasteiger partial charge in [0.1, 0.15) is 11.8 Å². The number of nitrogens with zero attached hydrogens (tertiary/aromatic N) is 2. The molecular formula is C24H19F3N2O6S. The number of halogens is 3. The zero-order chi connectivity index (χ0) is 26.3. The fourth-order valence-corrected chi connectivity index (χ4v) is 5.56. The Kier molecular flexibility index (Phi) is 6.50. The van der Waals surface area contributed by atoms with Gasteiger partial charge in [0.05, 0.1) is 22.6 Å². The van der Waals surface area contributed by atoms with Crippen molar-refractivity contribution in [1.82, 2.24) is 4.31 Å². The van der Waals surface area contributed by atoms with Crippen LogP contribution in [0.25, 0.3) is 0 Å². The van der Waals surface area contributed by atoms with Crippen molar-refractivity contribution in [2.75, 3.05) is 11.4 Å². The number of alkyl halides is 3. The summed E-state index contributed by atoms with van der Waals surface area (Å²) in [5.74, 6) is -2.91. The molecule has 0 bridgehead atoms. The van der Waals surface area contributed by atoms with E-state index in [4.69, 9.17) is 0 Å². The Morgan fingerprint density at radius 1 is 0.917 bits per heavy atom. The van der Waals surface area contributed by atoms with E-state index in [-0.39, 0.29) is 21.9 Å². The highest BCUT2D eigenvalue weighted by atomic mass is 32.2. The molecule has 1 atom stereocenters. The SMILES string of the molecule is O=C(O)C1CN(C(=O)c2ccccc2C(F)(F)F)c2ccccc2CN1S(=O)(=O)c1ccc(O)cc1. The normalized spacial score (nSPS) is 16.8. The van der Waals surface area contributed by atoms with Gasteiger partial charge in [-0.1, -0.05) is 30.3 Å². The topological polar surface area (TPSA) is 115 Å². The highest BCUT2D eigenvalue weighted by Gasteiger charge is 2.43. The zero-order valence-electron chi connectivity index (χ0n) is 18.4. The van der Waals surface area contributed by atoms with Crippen molar-refractivity contribution in [2.45, 2.75) is 23.7 Å². The molecule has 0 spiro atoms. The summed E-state index contributed by atoms with van der Waals surface area (Å²) < 4.78 is 68.4. The molecule has 1 unspecified atom stereocenters. The van der Waals surface area contributed by atoms with Crippen LogP contribution in [0.5, 0.6) is 5.75 Å². The van der Waals surface area contributed by atoms with Crippen LogP contribution in [0.3, 0.4) is 0 Å². The van der Waals surface area contributed by atoms with Gasteiger partial charge in [0, 0.05) is 12.2 Å². The fourth-order valence-electron chi connectivity index (χ4n) is 4.01. The number of phenols is 1. The molecule has 0 aliphatic carbocycles. The number of hydrogen-bond donors (Lipinski definition) is 2. The summed E-state index contributed by atoms with van der Waals surface area (Å²) in [7, 11) is -4.46. The second-order valence-electron chi connectivity index (χ2n) is 7.99. The maximum Gasteiger partial charge on any atom is 0.417 e. The molecule has 0 fully saturated rings. The Hall–Kier alpha value is -3.90. The number of para-hydroxylation sites is 1. The second-order valence-corrected chi connectivity index (χ2v) is 9.88. The molecule has 8 nitrogen and oxygen atoms in total. The van der Waals surface area contributed by atoms with Crippen LogP contribution in [-0.2, 0) is 27.5 Å². The molecule has 1 aliphatic heterocycles. The van der Waals surface area contributed by atoms with Gasteiger partial charge in [-0.25, -0.2) is 8.42 Å². The van der Waals surface area contributed by atoms with Crippen LogP contribution in [0.2, 0.25) is 0 Å². The number of aromatic hydroxyl groups is 1. The first-order valence-electron chi connectivity index (χ1n) is 10.5. The predicted molar refractivity (Wildman–Crippen MR) is 122 cm³/mol. The molecule has 188 valence electrons. The van der Waals surface area contributed by atoms with Crippen molar-refractivity contribution in [3.05, 3.63) is 89.5 Å². The minimum Gasteiger partial charge on any atom is -0.508 e. The Labute approximate surface area is 203 Å². The summed E-state index contributed by atoms with van der Waals surface area (Å²) in [4.78, 5) is 26.3. The molecule has 12 heteroatoms. The maximum absolute atomic E-state index is 13.6. The first-order chi connectivity index (χ1) is 16.9. The molecule has 1 heterocycles. The lowest BCUT2D eigenvalue weighted by atomic mass is 10.0. The lowest BCUT2D eigenvalue weighted by molar-refractivity contribution is -0.141. The van der Waals surface area contributed by atoms with E-state index in [0.717, 1.165) is 47.4 Å². The molecule has 3 aromatic rings. The average molecular weight is 520 g/mol.